The normalized spacial score (nSPS) is 10.4. The molecule has 2 aromatic heterocycles. The summed E-state index contributed by atoms with van der Waals surface area (Å²) in [5.74, 6) is 0. The number of pyridine rings is 2. The molecule has 0 aliphatic carbocycles. The van der Waals surface area contributed by atoms with E-state index in [0.717, 1.165) is 17.7 Å². The zero-order valence-electron chi connectivity index (χ0n) is 11.5. The van der Waals surface area contributed by atoms with Crippen molar-refractivity contribution < 1.29 is 0 Å². The molecule has 0 bridgehead atoms. The highest BCUT2D eigenvalue weighted by molar-refractivity contribution is 5.82. The highest BCUT2D eigenvalue weighted by atomic mass is 14.7. The van der Waals surface area contributed by atoms with Gasteiger partial charge in [0.15, 0.2) is 0 Å². The first-order valence-electron chi connectivity index (χ1n) is 6.83. The molecule has 98 valence electrons. The highest BCUT2D eigenvalue weighted by Gasteiger charge is 2.07. The van der Waals surface area contributed by atoms with Gasteiger partial charge in [-0.2, -0.15) is 0 Å². The second-order valence-electron chi connectivity index (χ2n) is 4.68. The van der Waals surface area contributed by atoms with Crippen LogP contribution in [-0.2, 0) is 6.42 Å². The van der Waals surface area contributed by atoms with Gasteiger partial charge in [-0.05, 0) is 41.3 Å². The second-order valence-corrected chi connectivity index (χ2v) is 4.68. The average molecular weight is 260 g/mol. The predicted molar refractivity (Wildman–Crippen MR) is 82.3 cm³/mol. The molecule has 0 aliphatic heterocycles. The number of aryl methyl sites for hydroxylation is 1. The summed E-state index contributed by atoms with van der Waals surface area (Å²) in [5, 5.41) is 0. The molecular weight excluding hydrogens is 244 g/mol. The zero-order chi connectivity index (χ0) is 13.8. The maximum atomic E-state index is 4.37. The smallest absolute Gasteiger partial charge is 0.0407 e. The van der Waals surface area contributed by atoms with E-state index in [-0.39, 0.29) is 0 Å². The fourth-order valence-corrected chi connectivity index (χ4v) is 2.33. The van der Waals surface area contributed by atoms with Crippen molar-refractivity contribution in [3.05, 3.63) is 72.8 Å². The third kappa shape index (κ3) is 2.45. The Labute approximate surface area is 119 Å². The first-order valence-corrected chi connectivity index (χ1v) is 6.83. The Morgan fingerprint density at radius 3 is 2.50 bits per heavy atom. The summed E-state index contributed by atoms with van der Waals surface area (Å²) >= 11 is 0. The van der Waals surface area contributed by atoms with E-state index in [4.69, 9.17) is 0 Å². The SMILES string of the molecule is CCc1cc(-c2ccncc2-c2ccccc2)ccn1. The van der Waals surface area contributed by atoms with Crippen LogP contribution in [0.25, 0.3) is 22.3 Å². The number of aromatic nitrogens is 2. The van der Waals surface area contributed by atoms with Gasteiger partial charge in [-0.25, -0.2) is 0 Å². The minimum atomic E-state index is 0.944. The van der Waals surface area contributed by atoms with Gasteiger partial charge >= 0.3 is 0 Å². The minimum Gasteiger partial charge on any atom is -0.264 e. The van der Waals surface area contributed by atoms with Crippen molar-refractivity contribution in [1.29, 1.82) is 0 Å². The van der Waals surface area contributed by atoms with Gasteiger partial charge in [-0.1, -0.05) is 37.3 Å². The Morgan fingerprint density at radius 1 is 0.850 bits per heavy atom. The second kappa shape index (κ2) is 5.66. The van der Waals surface area contributed by atoms with E-state index in [1.54, 1.807) is 0 Å². The summed E-state index contributed by atoms with van der Waals surface area (Å²) in [6, 6.07) is 16.6. The quantitative estimate of drug-likeness (QED) is 0.698. The van der Waals surface area contributed by atoms with Crippen LogP contribution in [0.1, 0.15) is 12.6 Å². The Kier molecular flexibility index (Phi) is 3.55. The van der Waals surface area contributed by atoms with Crippen LogP contribution in [0.15, 0.2) is 67.1 Å². The fourth-order valence-electron chi connectivity index (χ4n) is 2.33. The van der Waals surface area contributed by atoms with Crippen LogP contribution in [0.4, 0.5) is 0 Å². The van der Waals surface area contributed by atoms with Gasteiger partial charge in [0, 0.05) is 29.8 Å². The van der Waals surface area contributed by atoms with Crippen molar-refractivity contribution in [3.63, 3.8) is 0 Å². The van der Waals surface area contributed by atoms with Gasteiger partial charge in [0.1, 0.15) is 0 Å². The van der Waals surface area contributed by atoms with Crippen molar-refractivity contribution >= 4 is 0 Å². The monoisotopic (exact) mass is 260 g/mol. The molecule has 2 heteroatoms. The molecule has 0 saturated carbocycles. The lowest BCUT2D eigenvalue weighted by Gasteiger charge is -2.10. The van der Waals surface area contributed by atoms with Gasteiger partial charge in [0.2, 0.25) is 0 Å². The van der Waals surface area contributed by atoms with Gasteiger partial charge in [-0.3, -0.25) is 9.97 Å². The molecule has 0 N–H and O–H groups in total. The summed E-state index contributed by atoms with van der Waals surface area (Å²) in [4.78, 5) is 8.64. The van der Waals surface area contributed by atoms with Crippen LogP contribution in [-0.4, -0.2) is 9.97 Å². The summed E-state index contributed by atoms with van der Waals surface area (Å²) in [5.41, 5.74) is 5.84. The molecule has 0 amide bonds. The highest BCUT2D eigenvalue weighted by Crippen LogP contribution is 2.31. The van der Waals surface area contributed by atoms with Crippen LogP contribution in [0.3, 0.4) is 0 Å². The summed E-state index contributed by atoms with van der Waals surface area (Å²) < 4.78 is 0. The van der Waals surface area contributed by atoms with Crippen LogP contribution in [0, 0.1) is 0 Å². The lowest BCUT2D eigenvalue weighted by Crippen LogP contribution is -1.90. The molecule has 0 atom stereocenters. The van der Waals surface area contributed by atoms with Crippen molar-refractivity contribution in [2.45, 2.75) is 13.3 Å². The lowest BCUT2D eigenvalue weighted by atomic mass is 9.96. The number of rotatable bonds is 3. The molecule has 0 spiro atoms. The number of hydrogen-bond acceptors (Lipinski definition) is 2. The third-order valence-electron chi connectivity index (χ3n) is 3.40. The molecule has 0 fully saturated rings. The van der Waals surface area contributed by atoms with Gasteiger partial charge in [0.25, 0.3) is 0 Å². The molecule has 0 aliphatic rings. The lowest BCUT2D eigenvalue weighted by molar-refractivity contribution is 1.04. The molecule has 20 heavy (non-hydrogen) atoms. The molecular formula is C18H16N2. The summed E-state index contributed by atoms with van der Waals surface area (Å²) in [7, 11) is 0. The Morgan fingerprint density at radius 2 is 1.70 bits per heavy atom. The molecule has 0 saturated heterocycles. The van der Waals surface area contributed by atoms with E-state index < -0.39 is 0 Å². The van der Waals surface area contributed by atoms with Gasteiger partial charge in [0.05, 0.1) is 0 Å². The number of nitrogens with zero attached hydrogens (tertiary/aromatic N) is 2. The van der Waals surface area contributed by atoms with Crippen LogP contribution in [0.2, 0.25) is 0 Å². The van der Waals surface area contributed by atoms with Crippen molar-refractivity contribution in [2.24, 2.45) is 0 Å². The largest absolute Gasteiger partial charge is 0.264 e. The van der Waals surface area contributed by atoms with Crippen LogP contribution >= 0.6 is 0 Å². The molecule has 2 nitrogen and oxygen atoms in total. The van der Waals surface area contributed by atoms with Crippen molar-refractivity contribution in [3.8, 4) is 22.3 Å². The topological polar surface area (TPSA) is 25.8 Å². The first-order chi connectivity index (χ1) is 9.88. The molecule has 3 aromatic rings. The average Bonchev–Trinajstić information content (AvgIpc) is 2.56. The number of hydrogen-bond donors (Lipinski definition) is 0. The molecule has 0 unspecified atom stereocenters. The Hall–Kier alpha value is -2.48. The Bertz CT molecular complexity index is 705. The predicted octanol–water partition coefficient (Wildman–Crippen LogP) is 4.37. The van der Waals surface area contributed by atoms with Crippen molar-refractivity contribution in [2.75, 3.05) is 0 Å². The maximum absolute atomic E-state index is 4.37. The van der Waals surface area contributed by atoms with Crippen molar-refractivity contribution in [1.82, 2.24) is 9.97 Å². The van der Waals surface area contributed by atoms with Crippen LogP contribution < -0.4 is 0 Å². The fraction of sp³-hybridized carbons (Fsp3) is 0.111. The standard InChI is InChI=1S/C18H16N2/c1-2-16-12-15(8-11-20-16)17-9-10-19-13-18(17)14-6-4-3-5-7-14/h3-13H,2H2,1H3. The zero-order valence-corrected chi connectivity index (χ0v) is 11.5. The van der Waals surface area contributed by atoms with E-state index in [0.29, 0.717) is 0 Å². The van der Waals surface area contributed by atoms with E-state index in [9.17, 15) is 0 Å². The molecule has 2 heterocycles. The van der Waals surface area contributed by atoms with E-state index in [1.807, 2.05) is 24.7 Å². The first kappa shape index (κ1) is 12.5. The van der Waals surface area contributed by atoms with E-state index in [2.05, 4.69) is 59.4 Å². The molecule has 1 aromatic carbocycles. The van der Waals surface area contributed by atoms with E-state index in [1.165, 1.54) is 16.7 Å². The van der Waals surface area contributed by atoms with Gasteiger partial charge < -0.3 is 0 Å². The summed E-state index contributed by atoms with van der Waals surface area (Å²) in [6.45, 7) is 2.12. The Balaban J connectivity index is 2.15. The minimum absolute atomic E-state index is 0.944. The maximum Gasteiger partial charge on any atom is 0.0407 e. The molecule has 0 radical (unpaired) electrons. The molecule has 3 rings (SSSR count). The van der Waals surface area contributed by atoms with Crippen LogP contribution in [0.5, 0.6) is 0 Å². The van der Waals surface area contributed by atoms with E-state index >= 15 is 0 Å². The van der Waals surface area contributed by atoms with Gasteiger partial charge in [-0.15, -0.1) is 0 Å². The summed E-state index contributed by atoms with van der Waals surface area (Å²) in [6.07, 6.45) is 6.59. The number of benzene rings is 1. The third-order valence-corrected chi connectivity index (χ3v) is 3.40.